The number of benzene rings is 3. The molecule has 0 aliphatic heterocycles. The number of nitrogens with one attached hydrogen (secondary N) is 2. The summed E-state index contributed by atoms with van der Waals surface area (Å²) in [6.07, 6.45) is 0. The van der Waals surface area contributed by atoms with Crippen LogP contribution < -0.4 is 10.0 Å². The van der Waals surface area contributed by atoms with Gasteiger partial charge in [0.15, 0.2) is 0 Å². The van der Waals surface area contributed by atoms with E-state index in [9.17, 15) is 18.3 Å². The highest BCUT2D eigenvalue weighted by Crippen LogP contribution is 2.28. The molecule has 3 N–H and O–H groups in total. The summed E-state index contributed by atoms with van der Waals surface area (Å²) >= 11 is 0. The molecule has 156 valence electrons. The van der Waals surface area contributed by atoms with Crippen LogP contribution in [0.3, 0.4) is 0 Å². The monoisotopic (exact) mass is 424 g/mol. The summed E-state index contributed by atoms with van der Waals surface area (Å²) in [7, 11) is -4.00. The Hall–Kier alpha value is -3.16. The van der Waals surface area contributed by atoms with Crippen molar-refractivity contribution in [2.24, 2.45) is 0 Å². The van der Waals surface area contributed by atoms with E-state index in [1.165, 1.54) is 18.2 Å². The number of hydrogen-bond donors (Lipinski definition) is 3. The van der Waals surface area contributed by atoms with Crippen LogP contribution in [0.2, 0.25) is 0 Å². The van der Waals surface area contributed by atoms with Crippen molar-refractivity contribution in [1.82, 2.24) is 4.72 Å². The molecule has 0 heterocycles. The van der Waals surface area contributed by atoms with Crippen LogP contribution in [0.4, 0.5) is 5.69 Å². The van der Waals surface area contributed by atoms with Gasteiger partial charge in [0.05, 0.1) is 11.3 Å². The highest BCUT2D eigenvalue weighted by molar-refractivity contribution is 7.89. The lowest BCUT2D eigenvalue weighted by atomic mass is 10.1. The first kappa shape index (κ1) is 21.5. The number of anilines is 1. The molecule has 3 aromatic carbocycles. The maximum atomic E-state index is 13.2. The summed E-state index contributed by atoms with van der Waals surface area (Å²) in [5.74, 6) is -1.19. The maximum Gasteiger partial charge on any atom is 0.335 e. The van der Waals surface area contributed by atoms with Crippen molar-refractivity contribution in [3.8, 4) is 0 Å². The van der Waals surface area contributed by atoms with Crippen molar-refractivity contribution in [1.29, 1.82) is 0 Å². The quantitative estimate of drug-likeness (QED) is 0.491. The third kappa shape index (κ3) is 5.06. The molecular weight excluding hydrogens is 400 g/mol. The molecule has 7 heteroatoms. The van der Waals surface area contributed by atoms with Gasteiger partial charge in [0.2, 0.25) is 10.0 Å². The second kappa shape index (κ2) is 9.11. The Kier molecular flexibility index (Phi) is 6.54. The third-order valence-corrected chi connectivity index (χ3v) is 6.40. The van der Waals surface area contributed by atoms with Crippen LogP contribution in [0.5, 0.6) is 0 Å². The zero-order chi connectivity index (χ0) is 21.7. The zero-order valence-corrected chi connectivity index (χ0v) is 17.6. The van der Waals surface area contributed by atoms with Gasteiger partial charge in [-0.15, -0.1) is 0 Å². The van der Waals surface area contributed by atoms with Crippen molar-refractivity contribution in [2.75, 3.05) is 5.32 Å². The molecule has 0 bridgehead atoms. The van der Waals surface area contributed by atoms with E-state index >= 15 is 0 Å². The molecule has 0 amide bonds. The number of rotatable bonds is 8. The average Bonchev–Trinajstić information content (AvgIpc) is 2.74. The number of hydrogen-bond acceptors (Lipinski definition) is 4. The summed E-state index contributed by atoms with van der Waals surface area (Å²) in [5, 5.41) is 12.5. The van der Waals surface area contributed by atoms with Gasteiger partial charge >= 0.3 is 5.97 Å². The predicted octanol–water partition coefficient (Wildman–Crippen LogP) is 4.60. The van der Waals surface area contributed by atoms with Gasteiger partial charge in [-0.25, -0.2) is 17.9 Å². The Morgan fingerprint density at radius 3 is 1.90 bits per heavy atom. The zero-order valence-electron chi connectivity index (χ0n) is 16.7. The number of carboxylic acid groups (broad SMARTS) is 1. The average molecular weight is 425 g/mol. The van der Waals surface area contributed by atoms with Crippen LogP contribution >= 0.6 is 0 Å². The molecule has 0 aliphatic rings. The topological polar surface area (TPSA) is 95.5 Å². The lowest BCUT2D eigenvalue weighted by molar-refractivity contribution is 0.0696. The Bertz CT molecular complexity index is 1120. The number of sulfonamides is 1. The lowest BCUT2D eigenvalue weighted by Gasteiger charge is -2.21. The van der Waals surface area contributed by atoms with Gasteiger partial charge in [-0.1, -0.05) is 60.7 Å². The number of carbonyl (C=O) groups is 1. The maximum absolute atomic E-state index is 13.2. The molecule has 0 unspecified atom stereocenters. The van der Waals surface area contributed by atoms with Crippen molar-refractivity contribution in [3.05, 3.63) is 95.6 Å². The Balaban J connectivity index is 1.96. The molecule has 30 heavy (non-hydrogen) atoms. The van der Waals surface area contributed by atoms with E-state index < -0.39 is 22.0 Å². The van der Waals surface area contributed by atoms with Crippen LogP contribution in [0.25, 0.3) is 0 Å². The van der Waals surface area contributed by atoms with E-state index in [4.69, 9.17) is 0 Å². The minimum absolute atomic E-state index is 0.0966. The van der Waals surface area contributed by atoms with Crippen molar-refractivity contribution in [3.63, 3.8) is 0 Å². The van der Waals surface area contributed by atoms with Gasteiger partial charge in [-0.2, -0.15) is 0 Å². The van der Waals surface area contributed by atoms with E-state index in [0.717, 1.165) is 11.1 Å². The largest absolute Gasteiger partial charge is 0.478 e. The highest BCUT2D eigenvalue weighted by Gasteiger charge is 2.24. The Morgan fingerprint density at radius 2 is 1.37 bits per heavy atom. The lowest BCUT2D eigenvalue weighted by Crippen LogP contribution is -2.28. The third-order valence-electron chi connectivity index (χ3n) is 4.82. The van der Waals surface area contributed by atoms with Gasteiger partial charge < -0.3 is 10.4 Å². The fourth-order valence-corrected chi connectivity index (χ4v) is 4.59. The van der Waals surface area contributed by atoms with Crippen molar-refractivity contribution < 1.29 is 18.3 Å². The van der Waals surface area contributed by atoms with Gasteiger partial charge in [-0.05, 0) is 43.2 Å². The Morgan fingerprint density at radius 1 is 0.833 bits per heavy atom. The van der Waals surface area contributed by atoms with Crippen LogP contribution in [0.15, 0.2) is 83.8 Å². The molecule has 6 nitrogen and oxygen atoms in total. The van der Waals surface area contributed by atoms with Crippen molar-refractivity contribution in [2.45, 2.75) is 30.8 Å². The smallest absolute Gasteiger partial charge is 0.335 e. The molecule has 0 radical (unpaired) electrons. The SMILES string of the molecule is C[C@H](Nc1ccc(C(=O)O)cc1S(=O)(=O)N[C@@H](C)c1ccccc1)c1ccccc1. The van der Waals surface area contributed by atoms with E-state index in [0.29, 0.717) is 5.69 Å². The summed E-state index contributed by atoms with van der Waals surface area (Å²) < 4.78 is 29.0. The minimum Gasteiger partial charge on any atom is -0.478 e. The molecule has 0 saturated carbocycles. The minimum atomic E-state index is -4.00. The molecule has 0 fully saturated rings. The van der Waals surface area contributed by atoms with Crippen LogP contribution in [-0.4, -0.2) is 19.5 Å². The summed E-state index contributed by atoms with van der Waals surface area (Å²) in [6, 6.07) is 22.2. The molecule has 0 aromatic heterocycles. The van der Waals surface area contributed by atoms with Gasteiger partial charge in [0.1, 0.15) is 4.90 Å². The van der Waals surface area contributed by atoms with Crippen LogP contribution in [0, 0.1) is 0 Å². The second-order valence-electron chi connectivity index (χ2n) is 7.05. The van der Waals surface area contributed by atoms with Gasteiger partial charge in [0, 0.05) is 12.1 Å². The van der Waals surface area contributed by atoms with Crippen LogP contribution in [0.1, 0.15) is 47.4 Å². The summed E-state index contributed by atoms with van der Waals surface area (Å²) in [5.41, 5.74) is 2.03. The van der Waals surface area contributed by atoms with E-state index in [2.05, 4.69) is 10.0 Å². The summed E-state index contributed by atoms with van der Waals surface area (Å²) in [6.45, 7) is 3.66. The molecular formula is C23H24N2O4S. The highest BCUT2D eigenvalue weighted by atomic mass is 32.2. The first-order valence-electron chi connectivity index (χ1n) is 9.54. The first-order chi connectivity index (χ1) is 14.3. The van der Waals surface area contributed by atoms with E-state index in [1.807, 2.05) is 67.6 Å². The van der Waals surface area contributed by atoms with Gasteiger partial charge in [0.25, 0.3) is 0 Å². The standard InChI is InChI=1S/C23H24N2O4S/c1-16(18-9-5-3-6-10-18)24-21-14-13-20(23(26)27)15-22(21)30(28,29)25-17(2)19-11-7-4-8-12-19/h3-17,24-25H,1-2H3,(H,26,27)/t16-,17-/m0/s1. The number of aromatic carboxylic acids is 1. The van der Waals surface area contributed by atoms with E-state index in [1.54, 1.807) is 6.92 Å². The predicted molar refractivity (Wildman–Crippen MR) is 117 cm³/mol. The first-order valence-corrected chi connectivity index (χ1v) is 11.0. The summed E-state index contributed by atoms with van der Waals surface area (Å²) in [4.78, 5) is 11.3. The molecule has 2 atom stereocenters. The number of carboxylic acids is 1. The van der Waals surface area contributed by atoms with Gasteiger partial charge in [-0.3, -0.25) is 0 Å². The second-order valence-corrected chi connectivity index (χ2v) is 8.73. The van der Waals surface area contributed by atoms with E-state index in [-0.39, 0.29) is 16.5 Å². The molecule has 0 aliphatic carbocycles. The molecule has 3 aromatic rings. The molecule has 0 saturated heterocycles. The molecule has 0 spiro atoms. The fourth-order valence-electron chi connectivity index (χ4n) is 3.16. The normalized spacial score (nSPS) is 13.4. The van der Waals surface area contributed by atoms with Crippen molar-refractivity contribution >= 4 is 21.7 Å². The van der Waals surface area contributed by atoms with Crippen LogP contribution in [-0.2, 0) is 10.0 Å². The fraction of sp³-hybridized carbons (Fsp3) is 0.174. The Labute approximate surface area is 176 Å². The molecule has 3 rings (SSSR count).